The van der Waals surface area contributed by atoms with Crippen molar-refractivity contribution in [1.82, 2.24) is 4.90 Å². The van der Waals surface area contributed by atoms with Gasteiger partial charge in [-0.05, 0) is 31.8 Å². The molecule has 3 heteroatoms. The average Bonchev–Trinajstić information content (AvgIpc) is 2.02. The van der Waals surface area contributed by atoms with Gasteiger partial charge in [-0.25, -0.2) is 0 Å². The van der Waals surface area contributed by atoms with E-state index in [-0.39, 0.29) is 5.54 Å². The van der Waals surface area contributed by atoms with Gasteiger partial charge in [-0.3, -0.25) is 9.69 Å². The third-order valence-electron chi connectivity index (χ3n) is 3.37. The fourth-order valence-corrected chi connectivity index (χ4v) is 2.93. The molecule has 14 heavy (non-hydrogen) atoms. The van der Waals surface area contributed by atoms with Crippen molar-refractivity contribution in [3.05, 3.63) is 0 Å². The minimum atomic E-state index is -0.663. The zero-order chi connectivity index (χ0) is 10.8. The topological polar surface area (TPSA) is 40.5 Å². The van der Waals surface area contributed by atoms with Gasteiger partial charge in [0.1, 0.15) is 0 Å². The van der Waals surface area contributed by atoms with Crippen LogP contribution in [0.25, 0.3) is 0 Å². The van der Waals surface area contributed by atoms with Gasteiger partial charge in [0.25, 0.3) is 0 Å². The minimum Gasteiger partial charge on any atom is -0.481 e. The first-order valence-corrected chi connectivity index (χ1v) is 5.51. The Labute approximate surface area is 86.1 Å². The Morgan fingerprint density at radius 1 is 1.43 bits per heavy atom. The van der Waals surface area contributed by atoms with Crippen molar-refractivity contribution in [3.63, 3.8) is 0 Å². The van der Waals surface area contributed by atoms with E-state index in [2.05, 4.69) is 25.7 Å². The van der Waals surface area contributed by atoms with Crippen molar-refractivity contribution in [1.29, 1.82) is 0 Å². The van der Waals surface area contributed by atoms with Crippen LogP contribution in [0.3, 0.4) is 0 Å². The van der Waals surface area contributed by atoms with E-state index in [0.717, 1.165) is 25.9 Å². The molecule has 1 fully saturated rings. The number of nitrogens with zero attached hydrogens (tertiary/aromatic N) is 1. The molecule has 1 rings (SSSR count). The Morgan fingerprint density at radius 3 is 2.21 bits per heavy atom. The number of carboxylic acid groups (broad SMARTS) is 1. The zero-order valence-electron chi connectivity index (χ0n) is 9.42. The second kappa shape index (κ2) is 4.30. The fraction of sp³-hybridized carbons (Fsp3) is 0.909. The first kappa shape index (κ1) is 11.5. The SMILES string of the molecule is CCN(CC)C1(CC(=O)O)CC(C)C1. The number of carbonyl (C=O) groups is 1. The Kier molecular flexibility index (Phi) is 3.53. The van der Waals surface area contributed by atoms with Crippen LogP contribution in [0, 0.1) is 5.92 Å². The van der Waals surface area contributed by atoms with Crippen LogP contribution in [0.15, 0.2) is 0 Å². The predicted molar refractivity (Wildman–Crippen MR) is 56.3 cm³/mol. The molecule has 0 aromatic heterocycles. The van der Waals surface area contributed by atoms with Crippen molar-refractivity contribution in [2.75, 3.05) is 13.1 Å². The highest BCUT2D eigenvalue weighted by Gasteiger charge is 2.46. The standard InChI is InChI=1S/C11H21NO2/c1-4-12(5-2)11(8-10(13)14)6-9(3)7-11/h9H,4-8H2,1-3H3,(H,13,14). The van der Waals surface area contributed by atoms with Crippen LogP contribution in [0.4, 0.5) is 0 Å². The van der Waals surface area contributed by atoms with Gasteiger partial charge in [-0.2, -0.15) is 0 Å². The number of hydrogen-bond donors (Lipinski definition) is 1. The molecule has 1 saturated carbocycles. The van der Waals surface area contributed by atoms with Crippen LogP contribution in [0.2, 0.25) is 0 Å². The predicted octanol–water partition coefficient (Wildman–Crippen LogP) is 1.97. The summed E-state index contributed by atoms with van der Waals surface area (Å²) in [5.74, 6) is 0.0266. The van der Waals surface area contributed by atoms with Crippen molar-refractivity contribution in [3.8, 4) is 0 Å². The summed E-state index contributed by atoms with van der Waals surface area (Å²) in [6.45, 7) is 8.32. The van der Waals surface area contributed by atoms with Gasteiger partial charge in [0.15, 0.2) is 0 Å². The monoisotopic (exact) mass is 199 g/mol. The Bertz CT molecular complexity index is 205. The first-order valence-electron chi connectivity index (χ1n) is 5.51. The number of aliphatic carboxylic acids is 1. The highest BCUT2D eigenvalue weighted by Crippen LogP contribution is 2.44. The van der Waals surface area contributed by atoms with Gasteiger partial charge in [0.05, 0.1) is 6.42 Å². The molecule has 82 valence electrons. The quantitative estimate of drug-likeness (QED) is 0.736. The summed E-state index contributed by atoms with van der Waals surface area (Å²) >= 11 is 0. The smallest absolute Gasteiger partial charge is 0.305 e. The van der Waals surface area contributed by atoms with Crippen LogP contribution in [-0.2, 0) is 4.79 Å². The summed E-state index contributed by atoms with van der Waals surface area (Å²) in [4.78, 5) is 13.1. The van der Waals surface area contributed by atoms with E-state index in [9.17, 15) is 4.79 Å². The molecule has 0 unspecified atom stereocenters. The van der Waals surface area contributed by atoms with E-state index in [1.54, 1.807) is 0 Å². The molecule has 0 atom stereocenters. The summed E-state index contributed by atoms with van der Waals surface area (Å²) in [6, 6.07) is 0. The molecule has 0 saturated heterocycles. The summed E-state index contributed by atoms with van der Waals surface area (Å²) < 4.78 is 0. The van der Waals surface area contributed by atoms with Crippen LogP contribution >= 0.6 is 0 Å². The lowest BCUT2D eigenvalue weighted by Gasteiger charge is -2.52. The van der Waals surface area contributed by atoms with Gasteiger partial charge < -0.3 is 5.11 Å². The van der Waals surface area contributed by atoms with Crippen LogP contribution in [0.5, 0.6) is 0 Å². The maximum atomic E-state index is 10.8. The van der Waals surface area contributed by atoms with E-state index >= 15 is 0 Å². The molecular formula is C11H21NO2. The molecule has 0 aromatic rings. The molecule has 0 heterocycles. The summed E-state index contributed by atoms with van der Waals surface area (Å²) in [5, 5.41) is 8.91. The lowest BCUT2D eigenvalue weighted by molar-refractivity contribution is -0.144. The molecule has 0 amide bonds. The first-order chi connectivity index (χ1) is 6.54. The molecule has 0 aliphatic heterocycles. The highest BCUT2D eigenvalue weighted by atomic mass is 16.4. The van der Waals surface area contributed by atoms with Gasteiger partial charge in [-0.1, -0.05) is 20.8 Å². The number of carboxylic acids is 1. The molecule has 0 aromatic carbocycles. The summed E-state index contributed by atoms with van der Waals surface area (Å²) in [6.07, 6.45) is 2.39. The van der Waals surface area contributed by atoms with Crippen molar-refractivity contribution < 1.29 is 9.90 Å². The summed E-state index contributed by atoms with van der Waals surface area (Å²) in [5.41, 5.74) is -0.0330. The van der Waals surface area contributed by atoms with E-state index in [1.165, 1.54) is 0 Å². The minimum absolute atomic E-state index is 0.0330. The second-order valence-electron chi connectivity index (χ2n) is 4.48. The number of hydrogen-bond acceptors (Lipinski definition) is 2. The van der Waals surface area contributed by atoms with Crippen LogP contribution < -0.4 is 0 Å². The van der Waals surface area contributed by atoms with Crippen molar-refractivity contribution in [2.24, 2.45) is 5.92 Å². The van der Waals surface area contributed by atoms with Crippen LogP contribution in [0.1, 0.15) is 40.0 Å². The highest BCUT2D eigenvalue weighted by molar-refractivity contribution is 5.68. The fourth-order valence-electron chi connectivity index (χ4n) is 2.93. The van der Waals surface area contributed by atoms with Gasteiger partial charge >= 0.3 is 5.97 Å². The third kappa shape index (κ3) is 2.08. The summed E-state index contributed by atoms with van der Waals surface area (Å²) in [7, 11) is 0. The van der Waals surface area contributed by atoms with Gasteiger partial charge in [0, 0.05) is 5.54 Å². The molecule has 1 N–H and O–H groups in total. The van der Waals surface area contributed by atoms with Crippen molar-refractivity contribution in [2.45, 2.75) is 45.6 Å². The van der Waals surface area contributed by atoms with Crippen LogP contribution in [-0.4, -0.2) is 34.6 Å². The Morgan fingerprint density at radius 2 is 1.93 bits per heavy atom. The number of rotatable bonds is 5. The maximum Gasteiger partial charge on any atom is 0.305 e. The van der Waals surface area contributed by atoms with E-state index in [4.69, 9.17) is 5.11 Å². The van der Waals surface area contributed by atoms with Crippen molar-refractivity contribution >= 4 is 5.97 Å². The van der Waals surface area contributed by atoms with E-state index in [1.807, 2.05) is 0 Å². The molecule has 1 aliphatic carbocycles. The van der Waals surface area contributed by atoms with E-state index in [0.29, 0.717) is 12.3 Å². The molecule has 0 spiro atoms. The lowest BCUT2D eigenvalue weighted by atomic mass is 9.66. The zero-order valence-corrected chi connectivity index (χ0v) is 9.42. The molecule has 3 nitrogen and oxygen atoms in total. The Hall–Kier alpha value is -0.570. The largest absolute Gasteiger partial charge is 0.481 e. The third-order valence-corrected chi connectivity index (χ3v) is 3.37. The average molecular weight is 199 g/mol. The maximum absolute atomic E-state index is 10.8. The lowest BCUT2D eigenvalue weighted by Crippen LogP contribution is -2.57. The Balaban J connectivity index is 2.67. The molecular weight excluding hydrogens is 178 g/mol. The van der Waals surface area contributed by atoms with E-state index < -0.39 is 5.97 Å². The molecule has 0 radical (unpaired) electrons. The van der Waals surface area contributed by atoms with Gasteiger partial charge in [-0.15, -0.1) is 0 Å². The molecule has 0 bridgehead atoms. The molecule has 1 aliphatic rings. The van der Waals surface area contributed by atoms with Gasteiger partial charge in [0.2, 0.25) is 0 Å². The normalized spacial score (nSPS) is 31.6. The second-order valence-corrected chi connectivity index (χ2v) is 4.48.